The minimum Gasteiger partial charge on any atom is -0.324 e. The Balaban J connectivity index is 2.45. The molecule has 2 rings (SSSR count). The number of hydrogen-bond acceptors (Lipinski definition) is 3. The number of rotatable bonds is 4. The summed E-state index contributed by atoms with van der Waals surface area (Å²) in [5.74, 6) is -1.09. The first kappa shape index (κ1) is 20.9. The molecule has 0 spiro atoms. The predicted octanol–water partition coefficient (Wildman–Crippen LogP) is 4.50. The smallest absolute Gasteiger partial charge is 0.262 e. The predicted molar refractivity (Wildman–Crippen MR) is 106 cm³/mol. The SMILES string of the molecule is CC(=O)Nc1cc(NS(=O)(=O)c2c(C)cc(C(C)(C)C)cc2C)ccc1F. The number of aryl methyl sites for hydroxylation is 2. The van der Waals surface area contributed by atoms with Gasteiger partial charge >= 0.3 is 0 Å². The standard InChI is InChI=1S/C20H25FN2O3S/c1-12-9-15(20(4,5)6)10-13(2)19(12)27(25,26)23-16-7-8-17(21)18(11-16)22-14(3)24/h7-11,23H,1-6H3,(H,22,24). The lowest BCUT2D eigenvalue weighted by atomic mass is 9.85. The Kier molecular flexibility index (Phi) is 5.65. The molecule has 0 aliphatic rings. The fourth-order valence-corrected chi connectivity index (χ4v) is 4.39. The highest BCUT2D eigenvalue weighted by Crippen LogP contribution is 2.30. The summed E-state index contributed by atoms with van der Waals surface area (Å²) in [6.07, 6.45) is 0. The second-order valence-corrected chi connectivity index (χ2v) is 9.29. The summed E-state index contributed by atoms with van der Waals surface area (Å²) in [6.45, 7) is 11.0. The van der Waals surface area contributed by atoms with Crippen LogP contribution in [-0.2, 0) is 20.2 Å². The fourth-order valence-electron chi connectivity index (χ4n) is 2.89. The molecule has 5 nitrogen and oxygen atoms in total. The molecular formula is C20H25FN2O3S. The van der Waals surface area contributed by atoms with Crippen molar-refractivity contribution in [2.45, 2.75) is 51.9 Å². The summed E-state index contributed by atoms with van der Waals surface area (Å²) in [4.78, 5) is 11.4. The van der Waals surface area contributed by atoms with E-state index < -0.39 is 21.7 Å². The largest absolute Gasteiger partial charge is 0.324 e. The Hall–Kier alpha value is -2.41. The fraction of sp³-hybridized carbons (Fsp3) is 0.350. The number of hydrogen-bond donors (Lipinski definition) is 2. The molecule has 0 heterocycles. The van der Waals surface area contributed by atoms with Gasteiger partial charge in [0, 0.05) is 6.92 Å². The Morgan fingerprint density at radius 2 is 1.59 bits per heavy atom. The maximum absolute atomic E-state index is 13.8. The van der Waals surface area contributed by atoms with Crippen LogP contribution in [0.25, 0.3) is 0 Å². The number of carbonyl (C=O) groups is 1. The van der Waals surface area contributed by atoms with E-state index in [1.807, 2.05) is 12.1 Å². The van der Waals surface area contributed by atoms with Crippen molar-refractivity contribution in [1.29, 1.82) is 0 Å². The highest BCUT2D eigenvalue weighted by molar-refractivity contribution is 7.92. The Labute approximate surface area is 160 Å². The highest BCUT2D eigenvalue weighted by Gasteiger charge is 2.23. The lowest BCUT2D eigenvalue weighted by molar-refractivity contribution is -0.114. The summed E-state index contributed by atoms with van der Waals surface area (Å²) in [5, 5.41) is 2.34. The first-order chi connectivity index (χ1) is 12.3. The maximum Gasteiger partial charge on any atom is 0.262 e. The molecule has 0 unspecified atom stereocenters. The van der Waals surface area contributed by atoms with Gasteiger partial charge in [0.05, 0.1) is 16.3 Å². The van der Waals surface area contributed by atoms with Crippen molar-refractivity contribution >= 4 is 27.3 Å². The zero-order chi connectivity index (χ0) is 20.6. The molecule has 0 radical (unpaired) electrons. The molecule has 0 aliphatic carbocycles. The van der Waals surface area contributed by atoms with Gasteiger partial charge in [-0.15, -0.1) is 0 Å². The molecule has 7 heteroatoms. The van der Waals surface area contributed by atoms with Gasteiger partial charge in [0.1, 0.15) is 5.82 Å². The highest BCUT2D eigenvalue weighted by atomic mass is 32.2. The summed E-state index contributed by atoms with van der Waals surface area (Å²) in [5.41, 5.74) is 2.30. The third-order valence-corrected chi connectivity index (χ3v) is 5.81. The van der Waals surface area contributed by atoms with E-state index in [4.69, 9.17) is 0 Å². The van der Waals surface area contributed by atoms with Crippen LogP contribution < -0.4 is 10.0 Å². The molecule has 2 aromatic rings. The van der Waals surface area contributed by atoms with Crippen LogP contribution in [0.5, 0.6) is 0 Å². The number of benzene rings is 2. The molecule has 0 saturated heterocycles. The third-order valence-electron chi connectivity index (χ3n) is 4.12. The molecule has 2 aromatic carbocycles. The topological polar surface area (TPSA) is 75.3 Å². The third kappa shape index (κ3) is 4.86. The monoisotopic (exact) mass is 392 g/mol. The van der Waals surface area contributed by atoms with E-state index in [-0.39, 0.29) is 21.7 Å². The van der Waals surface area contributed by atoms with Crippen molar-refractivity contribution in [2.75, 3.05) is 10.0 Å². The van der Waals surface area contributed by atoms with Crippen LogP contribution in [-0.4, -0.2) is 14.3 Å². The van der Waals surface area contributed by atoms with Crippen LogP contribution in [0.3, 0.4) is 0 Å². The van der Waals surface area contributed by atoms with Gasteiger partial charge in [-0.2, -0.15) is 0 Å². The maximum atomic E-state index is 13.8. The number of anilines is 2. The van der Waals surface area contributed by atoms with E-state index in [0.717, 1.165) is 11.6 Å². The lowest BCUT2D eigenvalue weighted by Gasteiger charge is -2.22. The van der Waals surface area contributed by atoms with E-state index in [1.165, 1.54) is 19.1 Å². The van der Waals surface area contributed by atoms with Crippen molar-refractivity contribution in [3.8, 4) is 0 Å². The van der Waals surface area contributed by atoms with Crippen molar-refractivity contribution in [3.05, 3.63) is 52.8 Å². The number of sulfonamides is 1. The molecule has 27 heavy (non-hydrogen) atoms. The minimum atomic E-state index is -3.88. The summed E-state index contributed by atoms with van der Waals surface area (Å²) in [6, 6.07) is 7.41. The summed E-state index contributed by atoms with van der Waals surface area (Å²) in [7, 11) is -3.88. The van der Waals surface area contributed by atoms with Gasteiger partial charge in [-0.05, 0) is 54.2 Å². The van der Waals surface area contributed by atoms with Gasteiger partial charge in [0.15, 0.2) is 0 Å². The first-order valence-corrected chi connectivity index (χ1v) is 10.0. The number of halogens is 1. The molecule has 146 valence electrons. The second kappa shape index (κ2) is 7.31. The first-order valence-electron chi connectivity index (χ1n) is 8.53. The molecular weight excluding hydrogens is 367 g/mol. The van der Waals surface area contributed by atoms with E-state index in [9.17, 15) is 17.6 Å². The van der Waals surface area contributed by atoms with E-state index in [1.54, 1.807) is 13.8 Å². The van der Waals surface area contributed by atoms with Crippen LogP contribution in [0.15, 0.2) is 35.2 Å². The van der Waals surface area contributed by atoms with Gasteiger partial charge in [0.2, 0.25) is 5.91 Å². The van der Waals surface area contributed by atoms with E-state index in [0.29, 0.717) is 11.1 Å². The molecule has 0 atom stereocenters. The van der Waals surface area contributed by atoms with Crippen molar-refractivity contribution in [2.24, 2.45) is 0 Å². The van der Waals surface area contributed by atoms with Crippen LogP contribution in [0.1, 0.15) is 44.4 Å². The average molecular weight is 392 g/mol. The number of amides is 1. The van der Waals surface area contributed by atoms with E-state index >= 15 is 0 Å². The Bertz CT molecular complexity index is 970. The van der Waals surface area contributed by atoms with Crippen molar-refractivity contribution in [1.82, 2.24) is 0 Å². The second-order valence-electron chi connectivity index (χ2n) is 7.67. The summed E-state index contributed by atoms with van der Waals surface area (Å²) < 4.78 is 42.1. The number of carbonyl (C=O) groups excluding carboxylic acids is 1. The summed E-state index contributed by atoms with van der Waals surface area (Å²) >= 11 is 0. The van der Waals surface area contributed by atoms with Gasteiger partial charge in [-0.25, -0.2) is 12.8 Å². The number of nitrogens with one attached hydrogen (secondary N) is 2. The van der Waals surface area contributed by atoms with Crippen LogP contribution in [0, 0.1) is 19.7 Å². The van der Waals surface area contributed by atoms with Gasteiger partial charge in [-0.3, -0.25) is 9.52 Å². The van der Waals surface area contributed by atoms with Crippen molar-refractivity contribution < 1.29 is 17.6 Å². The zero-order valence-electron chi connectivity index (χ0n) is 16.4. The Morgan fingerprint density at radius 3 is 2.07 bits per heavy atom. The quantitative estimate of drug-likeness (QED) is 0.804. The molecule has 0 saturated carbocycles. The molecule has 0 aromatic heterocycles. The van der Waals surface area contributed by atoms with Crippen LogP contribution >= 0.6 is 0 Å². The average Bonchev–Trinajstić information content (AvgIpc) is 2.47. The van der Waals surface area contributed by atoms with Crippen LogP contribution in [0.4, 0.5) is 15.8 Å². The van der Waals surface area contributed by atoms with Crippen molar-refractivity contribution in [3.63, 3.8) is 0 Å². The van der Waals surface area contributed by atoms with Gasteiger partial charge in [-0.1, -0.05) is 32.9 Å². The minimum absolute atomic E-state index is 0.0841. The normalized spacial score (nSPS) is 12.0. The zero-order valence-corrected chi connectivity index (χ0v) is 17.2. The molecule has 0 bridgehead atoms. The molecule has 0 aliphatic heterocycles. The molecule has 1 amide bonds. The molecule has 2 N–H and O–H groups in total. The van der Waals surface area contributed by atoms with Gasteiger partial charge in [0.25, 0.3) is 10.0 Å². The molecule has 0 fully saturated rings. The lowest BCUT2D eigenvalue weighted by Crippen LogP contribution is -2.18. The van der Waals surface area contributed by atoms with Gasteiger partial charge < -0.3 is 5.32 Å². The van der Waals surface area contributed by atoms with E-state index in [2.05, 4.69) is 30.8 Å². The Morgan fingerprint density at radius 1 is 1.04 bits per heavy atom. The van der Waals surface area contributed by atoms with Crippen LogP contribution in [0.2, 0.25) is 0 Å².